The van der Waals surface area contributed by atoms with Crippen molar-refractivity contribution >= 4 is 21.9 Å². The van der Waals surface area contributed by atoms with Crippen molar-refractivity contribution in [2.45, 2.75) is 38.0 Å². The monoisotopic (exact) mass is 436 g/mol. The number of nitrogens with zero attached hydrogens (tertiary/aromatic N) is 2. The average molecular weight is 437 g/mol. The fourth-order valence-electron chi connectivity index (χ4n) is 3.57. The maximum atomic E-state index is 5.40. The molecule has 0 aromatic heterocycles. The van der Waals surface area contributed by atoms with Crippen molar-refractivity contribution in [1.29, 1.82) is 0 Å². The average Bonchev–Trinajstić information content (AvgIpc) is 3.48. The SMILES string of the molecule is CCNC(=NCC1(c2cccc(Br)c2)CC1)NCCCCN1CCOCC1. The van der Waals surface area contributed by atoms with E-state index in [1.165, 1.54) is 37.8 Å². The molecule has 2 fully saturated rings. The van der Waals surface area contributed by atoms with E-state index < -0.39 is 0 Å². The van der Waals surface area contributed by atoms with Gasteiger partial charge in [-0.3, -0.25) is 9.89 Å². The van der Waals surface area contributed by atoms with E-state index in [4.69, 9.17) is 9.73 Å². The van der Waals surface area contributed by atoms with Gasteiger partial charge in [-0.25, -0.2) is 0 Å². The first-order chi connectivity index (χ1) is 13.2. The Hall–Kier alpha value is -1.11. The third-order valence-corrected chi connectivity index (χ3v) is 5.97. The Morgan fingerprint density at radius 1 is 1.22 bits per heavy atom. The van der Waals surface area contributed by atoms with E-state index in [0.717, 1.165) is 56.4 Å². The first-order valence-corrected chi connectivity index (χ1v) is 11.1. The molecule has 0 bridgehead atoms. The zero-order valence-electron chi connectivity index (χ0n) is 16.5. The van der Waals surface area contributed by atoms with Crippen molar-refractivity contribution in [2.75, 3.05) is 52.5 Å². The number of ether oxygens (including phenoxy) is 1. The highest BCUT2D eigenvalue weighted by molar-refractivity contribution is 9.10. The molecule has 27 heavy (non-hydrogen) atoms. The molecule has 0 spiro atoms. The summed E-state index contributed by atoms with van der Waals surface area (Å²) in [7, 11) is 0. The molecule has 1 saturated heterocycles. The quantitative estimate of drug-likeness (QED) is 0.354. The molecule has 150 valence electrons. The van der Waals surface area contributed by atoms with Crippen LogP contribution in [0.1, 0.15) is 38.2 Å². The third-order valence-electron chi connectivity index (χ3n) is 5.47. The maximum absolute atomic E-state index is 5.40. The lowest BCUT2D eigenvalue weighted by Gasteiger charge is -2.26. The number of morpholine rings is 1. The summed E-state index contributed by atoms with van der Waals surface area (Å²) in [5, 5.41) is 6.90. The highest BCUT2D eigenvalue weighted by Crippen LogP contribution is 2.48. The summed E-state index contributed by atoms with van der Waals surface area (Å²) in [4.78, 5) is 7.39. The number of benzene rings is 1. The molecule has 1 aromatic carbocycles. The van der Waals surface area contributed by atoms with E-state index in [2.05, 4.69) is 62.7 Å². The summed E-state index contributed by atoms with van der Waals surface area (Å²) in [6, 6.07) is 8.69. The van der Waals surface area contributed by atoms with Crippen LogP contribution >= 0.6 is 15.9 Å². The molecule has 0 atom stereocenters. The van der Waals surface area contributed by atoms with Crippen molar-refractivity contribution in [3.8, 4) is 0 Å². The van der Waals surface area contributed by atoms with Gasteiger partial charge in [-0.2, -0.15) is 0 Å². The normalized spacial score (nSPS) is 19.7. The minimum absolute atomic E-state index is 0.239. The Morgan fingerprint density at radius 2 is 2.04 bits per heavy atom. The zero-order chi connectivity index (χ0) is 19.0. The van der Waals surface area contributed by atoms with Gasteiger partial charge in [-0.15, -0.1) is 0 Å². The number of unbranched alkanes of at least 4 members (excludes halogenated alkanes) is 1. The molecule has 6 heteroatoms. The van der Waals surface area contributed by atoms with Gasteiger partial charge in [-0.1, -0.05) is 28.1 Å². The molecule has 1 aliphatic carbocycles. The molecule has 0 unspecified atom stereocenters. The van der Waals surface area contributed by atoms with E-state index >= 15 is 0 Å². The predicted octanol–water partition coefficient (Wildman–Crippen LogP) is 3.15. The van der Waals surface area contributed by atoms with Crippen LogP contribution in [0.3, 0.4) is 0 Å². The molecule has 1 aliphatic heterocycles. The lowest BCUT2D eigenvalue weighted by molar-refractivity contribution is 0.0372. The summed E-state index contributed by atoms with van der Waals surface area (Å²) < 4.78 is 6.56. The first kappa shape index (κ1) is 20.6. The Bertz CT molecular complexity index is 612. The van der Waals surface area contributed by atoms with Crippen LogP contribution in [0.5, 0.6) is 0 Å². The van der Waals surface area contributed by atoms with E-state index in [1.54, 1.807) is 0 Å². The van der Waals surface area contributed by atoms with Gasteiger partial charge in [0.05, 0.1) is 19.8 Å². The lowest BCUT2D eigenvalue weighted by atomic mass is 9.96. The fraction of sp³-hybridized carbons (Fsp3) is 0.667. The highest BCUT2D eigenvalue weighted by atomic mass is 79.9. The summed E-state index contributed by atoms with van der Waals surface area (Å²) in [5.41, 5.74) is 1.64. The number of hydrogen-bond acceptors (Lipinski definition) is 3. The van der Waals surface area contributed by atoms with Gasteiger partial charge in [0, 0.05) is 36.1 Å². The molecule has 1 saturated carbocycles. The summed E-state index contributed by atoms with van der Waals surface area (Å²) in [5.74, 6) is 0.949. The number of aliphatic imine (C=N–C) groups is 1. The van der Waals surface area contributed by atoms with Crippen LogP contribution in [-0.2, 0) is 10.2 Å². The highest BCUT2D eigenvalue weighted by Gasteiger charge is 2.44. The number of hydrogen-bond donors (Lipinski definition) is 2. The van der Waals surface area contributed by atoms with Crippen LogP contribution in [0.25, 0.3) is 0 Å². The van der Waals surface area contributed by atoms with E-state index in [9.17, 15) is 0 Å². The number of guanidine groups is 1. The zero-order valence-corrected chi connectivity index (χ0v) is 18.1. The summed E-state index contributed by atoms with van der Waals surface area (Å²) in [6.07, 6.45) is 4.84. The van der Waals surface area contributed by atoms with Crippen LogP contribution in [0.2, 0.25) is 0 Å². The van der Waals surface area contributed by atoms with Crippen molar-refractivity contribution < 1.29 is 4.74 Å². The number of nitrogens with one attached hydrogen (secondary N) is 2. The van der Waals surface area contributed by atoms with Crippen molar-refractivity contribution in [3.05, 3.63) is 34.3 Å². The first-order valence-electron chi connectivity index (χ1n) is 10.3. The van der Waals surface area contributed by atoms with Gasteiger partial charge in [-0.05, 0) is 56.8 Å². The minimum Gasteiger partial charge on any atom is -0.379 e. The molecule has 0 amide bonds. The molecule has 2 N–H and O–H groups in total. The predicted molar refractivity (Wildman–Crippen MR) is 116 cm³/mol. The second kappa shape index (κ2) is 10.4. The van der Waals surface area contributed by atoms with Gasteiger partial charge in [0.2, 0.25) is 0 Å². The molecule has 0 radical (unpaired) electrons. The minimum atomic E-state index is 0.239. The van der Waals surface area contributed by atoms with Gasteiger partial charge >= 0.3 is 0 Å². The van der Waals surface area contributed by atoms with Crippen LogP contribution in [0, 0.1) is 0 Å². The lowest BCUT2D eigenvalue weighted by Crippen LogP contribution is -2.39. The largest absolute Gasteiger partial charge is 0.379 e. The topological polar surface area (TPSA) is 48.9 Å². The van der Waals surface area contributed by atoms with Crippen LogP contribution < -0.4 is 10.6 Å². The molecule has 5 nitrogen and oxygen atoms in total. The van der Waals surface area contributed by atoms with Crippen LogP contribution in [-0.4, -0.2) is 63.3 Å². The van der Waals surface area contributed by atoms with Crippen molar-refractivity contribution in [1.82, 2.24) is 15.5 Å². The maximum Gasteiger partial charge on any atom is 0.191 e. The Balaban J connectivity index is 1.42. The van der Waals surface area contributed by atoms with Gasteiger partial charge in [0.1, 0.15) is 0 Å². The Labute approximate surface area is 172 Å². The van der Waals surface area contributed by atoms with Crippen molar-refractivity contribution in [2.24, 2.45) is 4.99 Å². The van der Waals surface area contributed by atoms with Crippen molar-refractivity contribution in [3.63, 3.8) is 0 Å². The van der Waals surface area contributed by atoms with Gasteiger partial charge < -0.3 is 15.4 Å². The molecular weight excluding hydrogens is 404 g/mol. The Morgan fingerprint density at radius 3 is 2.74 bits per heavy atom. The standard InChI is InChI=1S/C21H33BrN4O/c1-2-23-20(24-10-3-4-11-26-12-14-27-15-13-26)25-17-21(8-9-21)18-6-5-7-19(22)16-18/h5-7,16H,2-4,8-15,17H2,1H3,(H2,23,24,25). The summed E-state index contributed by atoms with van der Waals surface area (Å²) in [6.45, 7) is 9.94. The molecule has 1 aromatic rings. The second-order valence-electron chi connectivity index (χ2n) is 7.57. The van der Waals surface area contributed by atoms with E-state index in [-0.39, 0.29) is 5.41 Å². The molecule has 3 rings (SSSR count). The van der Waals surface area contributed by atoms with Gasteiger partial charge in [0.25, 0.3) is 0 Å². The fourth-order valence-corrected chi connectivity index (χ4v) is 3.97. The van der Waals surface area contributed by atoms with E-state index in [0.29, 0.717) is 0 Å². The third kappa shape index (κ3) is 6.47. The van der Waals surface area contributed by atoms with Crippen LogP contribution in [0.4, 0.5) is 0 Å². The number of rotatable bonds is 9. The number of halogens is 1. The Kier molecular flexibility index (Phi) is 7.97. The second-order valence-corrected chi connectivity index (χ2v) is 8.49. The van der Waals surface area contributed by atoms with Gasteiger partial charge in [0.15, 0.2) is 5.96 Å². The molecular formula is C21H33BrN4O. The summed E-state index contributed by atoms with van der Waals surface area (Å²) >= 11 is 3.59. The van der Waals surface area contributed by atoms with Crippen LogP contribution in [0.15, 0.2) is 33.7 Å². The smallest absolute Gasteiger partial charge is 0.191 e. The molecule has 2 aliphatic rings. The molecule has 1 heterocycles. The van der Waals surface area contributed by atoms with E-state index in [1.807, 2.05) is 0 Å².